The van der Waals surface area contributed by atoms with Gasteiger partial charge in [-0.1, -0.05) is 20.8 Å². The van der Waals surface area contributed by atoms with E-state index in [9.17, 15) is 9.90 Å². The predicted octanol–water partition coefficient (Wildman–Crippen LogP) is 6.65. The van der Waals surface area contributed by atoms with E-state index in [4.69, 9.17) is 0 Å². The quantitative estimate of drug-likeness (QED) is 0.523. The van der Waals surface area contributed by atoms with Crippen LogP contribution in [0.1, 0.15) is 105 Å². The highest BCUT2D eigenvalue weighted by Crippen LogP contribution is 2.68. The third-order valence-corrected chi connectivity index (χ3v) is 10.5. The number of aliphatic hydroxyl groups is 1. The van der Waals surface area contributed by atoms with E-state index in [0.29, 0.717) is 22.5 Å². The molecule has 0 amide bonds. The molecule has 2 heteroatoms. The summed E-state index contributed by atoms with van der Waals surface area (Å²) in [5, 5.41) is 10.2. The maximum Gasteiger partial charge on any atom is 0.133 e. The molecule has 2 nitrogen and oxygen atoms in total. The second-order valence-electron chi connectivity index (χ2n) is 12.5. The van der Waals surface area contributed by atoms with Crippen molar-refractivity contribution < 1.29 is 9.90 Å². The summed E-state index contributed by atoms with van der Waals surface area (Å²) in [7, 11) is 0. The fourth-order valence-corrected chi connectivity index (χ4v) is 8.80. The van der Waals surface area contributed by atoms with Crippen LogP contribution in [-0.2, 0) is 4.79 Å². The number of fused-ring (bicyclic) bond motifs is 5. The number of terminal acetylenes is 1. The van der Waals surface area contributed by atoms with Gasteiger partial charge in [-0.3, -0.25) is 4.79 Å². The Morgan fingerprint density at radius 3 is 2.37 bits per heavy atom. The normalized spacial score (nSPS) is 44.1. The topological polar surface area (TPSA) is 37.3 Å². The van der Waals surface area contributed by atoms with E-state index in [1.807, 2.05) is 13.8 Å². The number of Topliss-reactive ketones (excluding diaryl/α,β-unsaturated/α-hetero) is 1. The van der Waals surface area contributed by atoms with Gasteiger partial charge >= 0.3 is 0 Å². The zero-order valence-corrected chi connectivity index (χ0v) is 20.3. The van der Waals surface area contributed by atoms with Gasteiger partial charge in [0.1, 0.15) is 5.78 Å². The van der Waals surface area contributed by atoms with Crippen LogP contribution < -0.4 is 0 Å². The lowest BCUT2D eigenvalue weighted by Crippen LogP contribution is -2.53. The Hall–Kier alpha value is -0.810. The van der Waals surface area contributed by atoms with Gasteiger partial charge in [-0.05, 0) is 118 Å². The third-order valence-electron chi connectivity index (χ3n) is 10.5. The third kappa shape index (κ3) is 4.13. The Bertz CT molecular complexity index is 643. The number of carbonyl (C=O) groups is 1. The van der Waals surface area contributed by atoms with E-state index in [1.165, 1.54) is 38.5 Å². The van der Waals surface area contributed by atoms with Crippen LogP contribution in [-0.4, -0.2) is 16.5 Å². The van der Waals surface area contributed by atoms with Crippen LogP contribution in [0.4, 0.5) is 0 Å². The van der Waals surface area contributed by atoms with E-state index in [1.54, 1.807) is 0 Å². The second-order valence-corrected chi connectivity index (χ2v) is 12.5. The lowest BCUT2D eigenvalue weighted by Gasteiger charge is -2.60. The minimum Gasteiger partial charge on any atom is -0.390 e. The van der Waals surface area contributed by atoms with E-state index in [-0.39, 0.29) is 0 Å². The number of hydrogen-bond acceptors (Lipinski definition) is 2. The molecule has 4 fully saturated rings. The molecular weight excluding hydrogens is 368 g/mol. The molecule has 0 aliphatic heterocycles. The fraction of sp³-hybridized carbons (Fsp3) is 0.893. The van der Waals surface area contributed by atoms with Gasteiger partial charge in [0.2, 0.25) is 0 Å². The van der Waals surface area contributed by atoms with Crippen LogP contribution in [0.15, 0.2) is 0 Å². The standard InChI is InChI=1S/C26H44O2.C2H2/c1-17(10-13-24(2,3)28)21-8-9-22-20-7-6-18-16-19(27)11-14-25(18,4)23(20)12-15-26(21,22)5;1-2/h17-18,20-23,28H,6-16H2,1-5H3;1-2H/t17-,18-,20?,21?,22?,23?,25+,26-;/m1./s1. The van der Waals surface area contributed by atoms with E-state index >= 15 is 0 Å². The Morgan fingerprint density at radius 2 is 1.70 bits per heavy atom. The lowest BCUT2D eigenvalue weighted by molar-refractivity contribution is -0.140. The van der Waals surface area contributed by atoms with Crippen LogP contribution in [0.2, 0.25) is 0 Å². The molecule has 4 saturated carbocycles. The summed E-state index contributed by atoms with van der Waals surface area (Å²) in [6.45, 7) is 11.6. The number of carbonyl (C=O) groups excluding carboxylic acids is 1. The SMILES string of the molecule is C#C.C[C@H](CCC(C)(C)O)C1CCC2C3CC[C@@H]4CC(=O)CC[C@]4(C)C3CC[C@@]21C. The maximum absolute atomic E-state index is 12.1. The maximum atomic E-state index is 12.1. The molecule has 0 radical (unpaired) electrons. The minimum atomic E-state index is -0.532. The molecule has 0 aromatic rings. The van der Waals surface area contributed by atoms with Crippen molar-refractivity contribution in [3.63, 3.8) is 0 Å². The molecule has 0 aromatic carbocycles. The largest absolute Gasteiger partial charge is 0.390 e. The van der Waals surface area contributed by atoms with Crippen molar-refractivity contribution >= 4 is 5.78 Å². The van der Waals surface area contributed by atoms with Crippen molar-refractivity contribution in [2.75, 3.05) is 0 Å². The monoisotopic (exact) mass is 414 g/mol. The van der Waals surface area contributed by atoms with Crippen molar-refractivity contribution in [1.29, 1.82) is 0 Å². The second kappa shape index (κ2) is 8.61. The van der Waals surface area contributed by atoms with Crippen molar-refractivity contribution in [2.45, 2.75) is 111 Å². The summed E-state index contributed by atoms with van der Waals surface area (Å²) >= 11 is 0. The average molecular weight is 415 g/mol. The summed E-state index contributed by atoms with van der Waals surface area (Å²) in [6, 6.07) is 0. The highest BCUT2D eigenvalue weighted by molar-refractivity contribution is 5.79. The first kappa shape index (κ1) is 23.8. The molecule has 30 heavy (non-hydrogen) atoms. The van der Waals surface area contributed by atoms with Gasteiger partial charge < -0.3 is 5.11 Å². The molecule has 0 bridgehead atoms. The van der Waals surface area contributed by atoms with Crippen molar-refractivity contribution in [1.82, 2.24) is 0 Å². The van der Waals surface area contributed by atoms with Crippen LogP contribution in [0.25, 0.3) is 0 Å². The summed E-state index contributed by atoms with van der Waals surface area (Å²) in [5.41, 5.74) is 0.410. The van der Waals surface area contributed by atoms with Gasteiger partial charge in [-0.15, -0.1) is 12.8 Å². The fourth-order valence-electron chi connectivity index (χ4n) is 8.80. The van der Waals surface area contributed by atoms with Crippen LogP contribution in [0, 0.1) is 59.2 Å². The van der Waals surface area contributed by atoms with E-state index < -0.39 is 5.60 Å². The van der Waals surface area contributed by atoms with Crippen molar-refractivity contribution in [3.05, 3.63) is 0 Å². The van der Waals surface area contributed by atoms with Gasteiger partial charge in [0.15, 0.2) is 0 Å². The molecule has 0 heterocycles. The smallest absolute Gasteiger partial charge is 0.133 e. The van der Waals surface area contributed by atoms with E-state index in [0.717, 1.165) is 61.7 Å². The van der Waals surface area contributed by atoms with Crippen LogP contribution in [0.5, 0.6) is 0 Å². The molecule has 0 aromatic heterocycles. The molecule has 1 N–H and O–H groups in total. The molecule has 170 valence electrons. The number of ketones is 1. The number of rotatable bonds is 4. The van der Waals surface area contributed by atoms with Crippen LogP contribution in [0.3, 0.4) is 0 Å². The Kier molecular flexibility index (Phi) is 6.85. The highest BCUT2D eigenvalue weighted by atomic mass is 16.3. The molecule has 0 saturated heterocycles. The summed E-state index contributed by atoms with van der Waals surface area (Å²) in [5.74, 6) is 5.42. The Balaban J connectivity index is 0.00000124. The van der Waals surface area contributed by atoms with Crippen molar-refractivity contribution in [3.8, 4) is 12.8 Å². The lowest BCUT2D eigenvalue weighted by atomic mass is 9.44. The molecule has 0 spiro atoms. The predicted molar refractivity (Wildman–Crippen MR) is 125 cm³/mol. The zero-order valence-electron chi connectivity index (χ0n) is 20.3. The van der Waals surface area contributed by atoms with Gasteiger partial charge in [-0.25, -0.2) is 0 Å². The minimum absolute atomic E-state index is 0.433. The highest BCUT2D eigenvalue weighted by Gasteiger charge is 2.60. The van der Waals surface area contributed by atoms with Gasteiger partial charge in [-0.2, -0.15) is 0 Å². The Morgan fingerprint density at radius 1 is 1.03 bits per heavy atom. The molecule has 4 rings (SSSR count). The summed E-state index contributed by atoms with van der Waals surface area (Å²) in [4.78, 5) is 12.1. The number of hydrogen-bond donors (Lipinski definition) is 1. The van der Waals surface area contributed by atoms with Gasteiger partial charge in [0.25, 0.3) is 0 Å². The van der Waals surface area contributed by atoms with E-state index in [2.05, 4.69) is 33.6 Å². The molecule has 4 aliphatic carbocycles. The molecule has 8 atom stereocenters. The summed E-state index contributed by atoms with van der Waals surface area (Å²) in [6.07, 6.45) is 21.3. The molecular formula is C28H46O2. The molecule has 4 unspecified atom stereocenters. The molecule has 4 aliphatic rings. The summed E-state index contributed by atoms with van der Waals surface area (Å²) < 4.78 is 0. The van der Waals surface area contributed by atoms with Crippen LogP contribution >= 0.6 is 0 Å². The van der Waals surface area contributed by atoms with Gasteiger partial charge in [0, 0.05) is 12.8 Å². The first-order valence-electron chi connectivity index (χ1n) is 12.6. The first-order chi connectivity index (χ1) is 14.0. The Labute approximate surface area is 186 Å². The van der Waals surface area contributed by atoms with Crippen molar-refractivity contribution in [2.24, 2.45) is 46.3 Å². The van der Waals surface area contributed by atoms with Gasteiger partial charge in [0.05, 0.1) is 5.60 Å². The average Bonchev–Trinajstić information content (AvgIpc) is 3.05. The zero-order chi connectivity index (χ0) is 22.3. The first-order valence-corrected chi connectivity index (χ1v) is 12.6.